The number of aromatic nitrogens is 1. The van der Waals surface area contributed by atoms with Crippen LogP contribution in [-0.2, 0) is 7.05 Å². The molecule has 0 fully saturated rings. The number of para-hydroxylation sites is 1. The Morgan fingerprint density at radius 2 is 1.63 bits per heavy atom. The average Bonchev–Trinajstić information content (AvgIpc) is 2.78. The molecule has 0 atom stereocenters. The molecule has 0 aliphatic carbocycles. The third-order valence-corrected chi connectivity index (χ3v) is 3.40. The Bertz CT molecular complexity index is 736. The molecule has 0 radical (unpaired) electrons. The number of hydrogen-bond acceptors (Lipinski definition) is 0. The van der Waals surface area contributed by atoms with Gasteiger partial charge in [-0.25, -0.2) is 0 Å². The number of fused-ring (bicyclic) bond motifs is 1. The Balaban J connectivity index is 2.12. The van der Waals surface area contributed by atoms with Crippen LogP contribution in [0.25, 0.3) is 10.9 Å². The van der Waals surface area contributed by atoms with Crippen LogP contribution in [0, 0.1) is 0 Å². The van der Waals surface area contributed by atoms with Crippen molar-refractivity contribution in [1.82, 2.24) is 4.57 Å². The molecule has 2 nitrogen and oxygen atoms in total. The van der Waals surface area contributed by atoms with Gasteiger partial charge >= 0.3 is 0 Å². The lowest BCUT2D eigenvalue weighted by Gasteiger charge is -1.95. The van der Waals surface area contributed by atoms with Crippen molar-refractivity contribution in [3.63, 3.8) is 0 Å². The van der Waals surface area contributed by atoms with Gasteiger partial charge in [-0.3, -0.25) is 0 Å². The van der Waals surface area contributed by atoms with E-state index in [2.05, 4.69) is 84.2 Å². The fraction of sp³-hybridized carbons (Fsp3) is 0.118. The van der Waals surface area contributed by atoms with Crippen molar-refractivity contribution in [3.05, 3.63) is 66.4 Å². The zero-order valence-electron chi connectivity index (χ0n) is 11.2. The molecule has 0 aliphatic heterocycles. The molecule has 3 rings (SSSR count). The highest BCUT2D eigenvalue weighted by atomic mass is 15.0. The normalized spacial score (nSPS) is 12.0. The Morgan fingerprint density at radius 3 is 2.42 bits per heavy atom. The Hall–Kier alpha value is -2.35. The van der Waals surface area contributed by atoms with Crippen LogP contribution in [0.4, 0.5) is 5.69 Å². The van der Waals surface area contributed by atoms with E-state index in [9.17, 15) is 0 Å². The van der Waals surface area contributed by atoms with E-state index in [0.717, 1.165) is 0 Å². The maximum atomic E-state index is 2.18. The highest BCUT2D eigenvalue weighted by Gasteiger charge is 2.13. The van der Waals surface area contributed by atoms with E-state index in [-0.39, 0.29) is 0 Å². The molecular formula is C17H17N2+. The first-order chi connectivity index (χ1) is 9.25. The van der Waals surface area contributed by atoms with E-state index in [1.807, 2.05) is 6.07 Å². The summed E-state index contributed by atoms with van der Waals surface area (Å²) in [5.74, 6) is 0. The summed E-state index contributed by atoms with van der Waals surface area (Å²) >= 11 is 0. The van der Waals surface area contributed by atoms with Gasteiger partial charge < -0.3 is 4.57 Å². The molecule has 0 N–H and O–H groups in total. The minimum absolute atomic E-state index is 1.21. The topological polar surface area (TPSA) is 7.94 Å². The molecule has 0 saturated heterocycles. The third-order valence-electron chi connectivity index (χ3n) is 3.40. The predicted molar refractivity (Wildman–Crippen MR) is 80.4 cm³/mol. The molecule has 0 amide bonds. The van der Waals surface area contributed by atoms with E-state index in [1.165, 1.54) is 22.2 Å². The van der Waals surface area contributed by atoms with Crippen molar-refractivity contribution in [2.45, 2.75) is 0 Å². The fourth-order valence-electron chi connectivity index (χ4n) is 2.43. The molecule has 0 aliphatic rings. The number of aryl methyl sites for hydroxylation is 1. The monoisotopic (exact) mass is 249 g/mol. The molecule has 0 saturated carbocycles. The van der Waals surface area contributed by atoms with Crippen molar-refractivity contribution in [2.24, 2.45) is 7.05 Å². The molecule has 2 heteroatoms. The summed E-state index contributed by atoms with van der Waals surface area (Å²) in [5.41, 5.74) is 3.69. The Kier molecular flexibility index (Phi) is 2.92. The van der Waals surface area contributed by atoms with Gasteiger partial charge in [0.25, 0.3) is 0 Å². The fourth-order valence-corrected chi connectivity index (χ4v) is 2.43. The molecular weight excluding hydrogens is 232 g/mol. The van der Waals surface area contributed by atoms with Crippen LogP contribution in [0.3, 0.4) is 0 Å². The van der Waals surface area contributed by atoms with E-state index >= 15 is 0 Å². The van der Waals surface area contributed by atoms with Gasteiger partial charge in [0, 0.05) is 12.6 Å². The van der Waals surface area contributed by atoms with E-state index in [0.29, 0.717) is 0 Å². The third kappa shape index (κ3) is 2.17. The highest BCUT2D eigenvalue weighted by Crippen LogP contribution is 2.26. The van der Waals surface area contributed by atoms with Crippen molar-refractivity contribution >= 4 is 22.8 Å². The first-order valence-corrected chi connectivity index (χ1v) is 6.42. The summed E-state index contributed by atoms with van der Waals surface area (Å²) in [6.45, 7) is 0. The molecule has 19 heavy (non-hydrogen) atoms. The number of rotatable bonds is 2. The van der Waals surface area contributed by atoms with E-state index in [1.54, 1.807) is 0 Å². The van der Waals surface area contributed by atoms with Crippen LogP contribution in [-0.4, -0.2) is 22.4 Å². The zero-order valence-corrected chi connectivity index (χ0v) is 11.2. The molecule has 0 bridgehead atoms. The van der Waals surface area contributed by atoms with Gasteiger partial charge in [-0.05, 0) is 24.3 Å². The maximum Gasteiger partial charge on any atom is 0.230 e. The van der Waals surface area contributed by atoms with Gasteiger partial charge in [0.1, 0.15) is 7.05 Å². The minimum Gasteiger partial charge on any atom is -0.345 e. The predicted octanol–water partition coefficient (Wildman–Crippen LogP) is 3.57. The van der Waals surface area contributed by atoms with Crippen molar-refractivity contribution in [3.8, 4) is 0 Å². The van der Waals surface area contributed by atoms with Crippen molar-refractivity contribution < 1.29 is 4.58 Å². The second-order valence-electron chi connectivity index (χ2n) is 4.79. The summed E-state index contributed by atoms with van der Waals surface area (Å²) < 4.78 is 4.34. The van der Waals surface area contributed by atoms with Gasteiger partial charge in [0.2, 0.25) is 5.69 Å². The average molecular weight is 249 g/mol. The summed E-state index contributed by atoms with van der Waals surface area (Å²) in [6, 6.07) is 18.9. The number of hydrogen-bond donors (Lipinski definition) is 0. The van der Waals surface area contributed by atoms with Crippen LogP contribution in [0.5, 0.6) is 0 Å². The van der Waals surface area contributed by atoms with Crippen LogP contribution in [0.15, 0.2) is 60.8 Å². The van der Waals surface area contributed by atoms with Gasteiger partial charge in [-0.15, -0.1) is 0 Å². The molecule has 2 aromatic carbocycles. The number of benzene rings is 2. The van der Waals surface area contributed by atoms with Crippen molar-refractivity contribution in [1.29, 1.82) is 0 Å². The quantitative estimate of drug-likeness (QED) is 0.484. The summed E-state index contributed by atoms with van der Waals surface area (Å²) in [7, 11) is 4.18. The second kappa shape index (κ2) is 4.73. The highest BCUT2D eigenvalue weighted by molar-refractivity contribution is 5.90. The van der Waals surface area contributed by atoms with Crippen LogP contribution < -0.4 is 0 Å². The van der Waals surface area contributed by atoms with Gasteiger partial charge in [0.15, 0.2) is 6.21 Å². The smallest absolute Gasteiger partial charge is 0.230 e. The maximum absolute atomic E-state index is 2.18. The van der Waals surface area contributed by atoms with Gasteiger partial charge in [0.05, 0.1) is 17.1 Å². The van der Waals surface area contributed by atoms with Gasteiger partial charge in [-0.1, -0.05) is 30.3 Å². The lowest BCUT2D eigenvalue weighted by Crippen LogP contribution is -2.00. The Labute approximate surface area is 113 Å². The lowest BCUT2D eigenvalue weighted by atomic mass is 10.2. The molecule has 0 unspecified atom stereocenters. The second-order valence-corrected chi connectivity index (χ2v) is 4.79. The molecule has 1 aromatic heterocycles. The zero-order chi connectivity index (χ0) is 13.2. The number of nitrogens with zero attached hydrogens (tertiary/aromatic N) is 2. The standard InChI is InChI=1S/C17H17N2/c1-18(12-14-8-4-3-5-9-14)17-13-19(2)16-11-7-6-10-15(16)17/h3-13H,1-2H3/q+1. The van der Waals surface area contributed by atoms with E-state index < -0.39 is 0 Å². The molecule has 94 valence electrons. The SMILES string of the molecule is Cn1cc([N+](C)=Cc2ccccc2)c2ccccc21. The van der Waals surface area contributed by atoms with Crippen LogP contribution in [0.1, 0.15) is 5.56 Å². The van der Waals surface area contributed by atoms with Crippen LogP contribution >= 0.6 is 0 Å². The van der Waals surface area contributed by atoms with E-state index in [4.69, 9.17) is 0 Å². The van der Waals surface area contributed by atoms with Crippen molar-refractivity contribution in [2.75, 3.05) is 7.05 Å². The van der Waals surface area contributed by atoms with Gasteiger partial charge in [-0.2, -0.15) is 4.58 Å². The molecule has 3 aromatic rings. The first kappa shape index (κ1) is 11.7. The lowest BCUT2D eigenvalue weighted by molar-refractivity contribution is -0.397. The largest absolute Gasteiger partial charge is 0.345 e. The molecule has 1 heterocycles. The summed E-state index contributed by atoms with van der Waals surface area (Å²) in [5, 5.41) is 1.28. The van der Waals surface area contributed by atoms with Crippen LogP contribution in [0.2, 0.25) is 0 Å². The minimum atomic E-state index is 1.21. The first-order valence-electron chi connectivity index (χ1n) is 6.42. The summed E-state index contributed by atoms with van der Waals surface area (Å²) in [4.78, 5) is 0. The molecule has 0 spiro atoms. The summed E-state index contributed by atoms with van der Waals surface area (Å²) in [6.07, 6.45) is 4.33. The Morgan fingerprint density at radius 1 is 0.947 bits per heavy atom.